The Labute approximate surface area is 172 Å². The van der Waals surface area contributed by atoms with Gasteiger partial charge in [-0.25, -0.2) is 0 Å². The van der Waals surface area contributed by atoms with Crippen LogP contribution in [0.5, 0.6) is 0 Å². The minimum Gasteiger partial charge on any atom is -0.379 e. The van der Waals surface area contributed by atoms with Crippen molar-refractivity contribution in [3.63, 3.8) is 0 Å². The third-order valence-corrected chi connectivity index (χ3v) is 5.05. The Hall–Kier alpha value is -2.70. The fourth-order valence-corrected chi connectivity index (χ4v) is 3.58. The van der Waals surface area contributed by atoms with Gasteiger partial charge in [-0.2, -0.15) is 0 Å². The molecule has 0 radical (unpaired) electrons. The van der Waals surface area contributed by atoms with E-state index >= 15 is 0 Å². The molecule has 1 aliphatic heterocycles. The SMILES string of the molecule is CC(=O)N[C@H](CC(=O)N[C@H](CN1CCOCC1)c1ccccc1)c1ccccc1. The van der Waals surface area contributed by atoms with Crippen molar-refractivity contribution in [2.75, 3.05) is 32.8 Å². The molecule has 1 fully saturated rings. The van der Waals surface area contributed by atoms with Crippen LogP contribution < -0.4 is 10.6 Å². The molecule has 2 N–H and O–H groups in total. The number of rotatable bonds is 8. The van der Waals surface area contributed by atoms with Crippen LogP contribution in [0.4, 0.5) is 0 Å². The van der Waals surface area contributed by atoms with Crippen LogP contribution in [0, 0.1) is 0 Å². The molecule has 29 heavy (non-hydrogen) atoms. The van der Waals surface area contributed by atoms with E-state index in [1.807, 2.05) is 60.7 Å². The van der Waals surface area contributed by atoms with Crippen LogP contribution in [0.25, 0.3) is 0 Å². The molecule has 3 rings (SSSR count). The number of nitrogens with one attached hydrogen (secondary N) is 2. The standard InChI is InChI=1S/C23H29N3O3/c1-18(27)24-21(19-8-4-2-5-9-19)16-23(28)25-22(20-10-6-3-7-11-20)17-26-12-14-29-15-13-26/h2-11,21-22H,12-17H2,1H3,(H,24,27)(H,25,28)/t21-,22-/m1/s1. The maximum Gasteiger partial charge on any atom is 0.222 e. The first-order chi connectivity index (χ1) is 14.1. The van der Waals surface area contributed by atoms with E-state index in [0.717, 1.165) is 30.8 Å². The molecule has 2 atom stereocenters. The molecular weight excluding hydrogens is 366 g/mol. The molecule has 154 valence electrons. The number of amides is 2. The molecule has 0 bridgehead atoms. The van der Waals surface area contributed by atoms with E-state index in [9.17, 15) is 9.59 Å². The van der Waals surface area contributed by atoms with Gasteiger partial charge in [-0.15, -0.1) is 0 Å². The van der Waals surface area contributed by atoms with E-state index in [1.165, 1.54) is 6.92 Å². The maximum absolute atomic E-state index is 12.9. The van der Waals surface area contributed by atoms with Gasteiger partial charge in [0.1, 0.15) is 0 Å². The van der Waals surface area contributed by atoms with Crippen LogP contribution in [0.2, 0.25) is 0 Å². The van der Waals surface area contributed by atoms with Crippen molar-refractivity contribution in [3.8, 4) is 0 Å². The Kier molecular flexibility index (Phi) is 7.78. The molecule has 6 nitrogen and oxygen atoms in total. The van der Waals surface area contributed by atoms with E-state index in [0.29, 0.717) is 13.2 Å². The van der Waals surface area contributed by atoms with Crippen LogP contribution >= 0.6 is 0 Å². The summed E-state index contributed by atoms with van der Waals surface area (Å²) in [7, 11) is 0. The summed E-state index contributed by atoms with van der Waals surface area (Å²) in [4.78, 5) is 26.9. The van der Waals surface area contributed by atoms with Gasteiger partial charge in [0.15, 0.2) is 0 Å². The lowest BCUT2D eigenvalue weighted by molar-refractivity contribution is -0.123. The van der Waals surface area contributed by atoms with E-state index in [4.69, 9.17) is 4.74 Å². The Balaban J connectivity index is 1.69. The zero-order valence-electron chi connectivity index (χ0n) is 16.8. The number of carbonyl (C=O) groups is 2. The molecule has 0 aromatic heterocycles. The van der Waals surface area contributed by atoms with E-state index < -0.39 is 0 Å². The summed E-state index contributed by atoms with van der Waals surface area (Å²) in [5.41, 5.74) is 1.99. The molecular formula is C23H29N3O3. The first-order valence-corrected chi connectivity index (χ1v) is 10.1. The molecule has 2 amide bonds. The van der Waals surface area contributed by atoms with Crippen molar-refractivity contribution in [2.24, 2.45) is 0 Å². The molecule has 1 saturated heterocycles. The minimum atomic E-state index is -0.353. The lowest BCUT2D eigenvalue weighted by Crippen LogP contribution is -2.43. The molecule has 1 heterocycles. The molecule has 1 aliphatic rings. The van der Waals surface area contributed by atoms with Gasteiger partial charge in [-0.05, 0) is 11.1 Å². The molecule has 6 heteroatoms. The second kappa shape index (κ2) is 10.7. The topological polar surface area (TPSA) is 70.7 Å². The van der Waals surface area contributed by atoms with Crippen LogP contribution in [0.1, 0.15) is 36.6 Å². The van der Waals surface area contributed by atoms with Gasteiger partial charge < -0.3 is 15.4 Å². The highest BCUT2D eigenvalue weighted by atomic mass is 16.5. The summed E-state index contributed by atoms with van der Waals surface area (Å²) >= 11 is 0. The van der Waals surface area contributed by atoms with Crippen molar-refractivity contribution in [1.29, 1.82) is 0 Å². The number of ether oxygens (including phenoxy) is 1. The highest BCUT2D eigenvalue weighted by molar-refractivity contribution is 5.79. The molecule has 0 aliphatic carbocycles. The van der Waals surface area contributed by atoms with Crippen molar-refractivity contribution in [2.45, 2.75) is 25.4 Å². The van der Waals surface area contributed by atoms with Crippen molar-refractivity contribution >= 4 is 11.8 Å². The summed E-state index contributed by atoms with van der Waals surface area (Å²) in [6.45, 7) is 5.35. The van der Waals surface area contributed by atoms with E-state index in [1.54, 1.807) is 0 Å². The number of carbonyl (C=O) groups excluding carboxylic acids is 2. The Bertz CT molecular complexity index is 776. The largest absolute Gasteiger partial charge is 0.379 e. The minimum absolute atomic E-state index is 0.0882. The monoisotopic (exact) mass is 395 g/mol. The Morgan fingerprint density at radius 1 is 0.897 bits per heavy atom. The third kappa shape index (κ3) is 6.69. The average molecular weight is 396 g/mol. The van der Waals surface area contributed by atoms with Gasteiger partial charge in [0.25, 0.3) is 0 Å². The van der Waals surface area contributed by atoms with Crippen LogP contribution in [0.15, 0.2) is 60.7 Å². The third-order valence-electron chi connectivity index (χ3n) is 5.05. The normalized spacial score (nSPS) is 16.6. The molecule has 0 unspecified atom stereocenters. The number of hydrogen-bond donors (Lipinski definition) is 2. The summed E-state index contributed by atoms with van der Waals surface area (Å²) in [5.74, 6) is -0.241. The fraction of sp³-hybridized carbons (Fsp3) is 0.391. The van der Waals surface area contributed by atoms with Crippen LogP contribution in [-0.4, -0.2) is 49.6 Å². The van der Waals surface area contributed by atoms with Crippen LogP contribution in [0.3, 0.4) is 0 Å². The second-order valence-electron chi connectivity index (χ2n) is 7.31. The number of hydrogen-bond acceptors (Lipinski definition) is 4. The van der Waals surface area contributed by atoms with Crippen molar-refractivity contribution in [3.05, 3.63) is 71.8 Å². The lowest BCUT2D eigenvalue weighted by Gasteiger charge is -2.31. The van der Waals surface area contributed by atoms with Gasteiger partial charge in [-0.3, -0.25) is 14.5 Å². The zero-order chi connectivity index (χ0) is 20.5. The first kappa shape index (κ1) is 21.0. The quantitative estimate of drug-likeness (QED) is 0.720. The molecule has 2 aromatic carbocycles. The Morgan fingerprint density at radius 3 is 2.00 bits per heavy atom. The van der Waals surface area contributed by atoms with Gasteiger partial charge in [0, 0.05) is 26.6 Å². The van der Waals surface area contributed by atoms with Crippen molar-refractivity contribution in [1.82, 2.24) is 15.5 Å². The van der Waals surface area contributed by atoms with E-state index in [2.05, 4.69) is 15.5 Å². The van der Waals surface area contributed by atoms with Gasteiger partial charge in [-0.1, -0.05) is 60.7 Å². The number of nitrogens with zero attached hydrogens (tertiary/aromatic N) is 1. The Morgan fingerprint density at radius 2 is 1.45 bits per heavy atom. The van der Waals surface area contributed by atoms with Gasteiger partial charge in [0.2, 0.25) is 11.8 Å². The summed E-state index contributed by atoms with van der Waals surface area (Å²) in [6.07, 6.45) is 0.191. The lowest BCUT2D eigenvalue weighted by atomic mass is 10.0. The number of morpholine rings is 1. The zero-order valence-corrected chi connectivity index (χ0v) is 16.8. The predicted molar refractivity (Wildman–Crippen MR) is 112 cm³/mol. The summed E-state index contributed by atoms with van der Waals surface area (Å²) in [5, 5.41) is 6.08. The van der Waals surface area contributed by atoms with Gasteiger partial charge in [0.05, 0.1) is 31.7 Å². The fourth-order valence-electron chi connectivity index (χ4n) is 3.58. The molecule has 2 aromatic rings. The molecule has 0 spiro atoms. The predicted octanol–water partition coefficient (Wildman–Crippen LogP) is 2.44. The smallest absolute Gasteiger partial charge is 0.222 e. The highest BCUT2D eigenvalue weighted by Crippen LogP contribution is 2.19. The van der Waals surface area contributed by atoms with Gasteiger partial charge >= 0.3 is 0 Å². The average Bonchev–Trinajstić information content (AvgIpc) is 2.74. The molecule has 0 saturated carbocycles. The first-order valence-electron chi connectivity index (χ1n) is 10.1. The summed E-state index contributed by atoms with van der Waals surface area (Å²) in [6, 6.07) is 19.1. The van der Waals surface area contributed by atoms with E-state index in [-0.39, 0.29) is 30.3 Å². The van der Waals surface area contributed by atoms with Crippen LogP contribution in [-0.2, 0) is 14.3 Å². The van der Waals surface area contributed by atoms with Crippen molar-refractivity contribution < 1.29 is 14.3 Å². The second-order valence-corrected chi connectivity index (χ2v) is 7.31. The number of benzene rings is 2. The maximum atomic E-state index is 12.9. The summed E-state index contributed by atoms with van der Waals surface area (Å²) < 4.78 is 5.44. The highest BCUT2D eigenvalue weighted by Gasteiger charge is 2.23.